The van der Waals surface area contributed by atoms with Gasteiger partial charge in [-0.3, -0.25) is 0 Å². The van der Waals surface area contributed by atoms with Crippen LogP contribution >= 0.6 is 0 Å². The molecule has 4 rings (SSSR count). The maximum absolute atomic E-state index is 14.0. The second kappa shape index (κ2) is 4.95. The van der Waals surface area contributed by atoms with Crippen LogP contribution in [0.4, 0.5) is 15.8 Å². The fourth-order valence-corrected chi connectivity index (χ4v) is 3.57. The van der Waals surface area contributed by atoms with E-state index in [4.69, 9.17) is 0 Å². The van der Waals surface area contributed by atoms with Gasteiger partial charge in [0.2, 0.25) is 0 Å². The lowest BCUT2D eigenvalue weighted by molar-refractivity contribution is 0.632. The van der Waals surface area contributed by atoms with Crippen molar-refractivity contribution in [3.63, 3.8) is 0 Å². The number of hydrogen-bond donors (Lipinski definition) is 1. The first-order valence-corrected chi connectivity index (χ1v) is 7.84. The van der Waals surface area contributed by atoms with E-state index in [9.17, 15) is 4.39 Å². The third-order valence-corrected chi connectivity index (χ3v) is 4.75. The first kappa shape index (κ1) is 14.0. The monoisotopic (exact) mass is 303 g/mol. The van der Waals surface area contributed by atoms with Crippen LogP contribution in [0.15, 0.2) is 66.7 Å². The zero-order valence-corrected chi connectivity index (χ0v) is 13.2. The topological polar surface area (TPSA) is 12.0 Å². The van der Waals surface area contributed by atoms with E-state index in [-0.39, 0.29) is 11.2 Å². The van der Waals surface area contributed by atoms with Crippen molar-refractivity contribution >= 4 is 11.4 Å². The molecule has 23 heavy (non-hydrogen) atoms. The van der Waals surface area contributed by atoms with Crippen LogP contribution in [0.25, 0.3) is 11.1 Å². The number of rotatable bonds is 2. The minimum Gasteiger partial charge on any atom is -0.353 e. The molecule has 0 saturated heterocycles. The van der Waals surface area contributed by atoms with E-state index in [1.165, 1.54) is 28.3 Å². The molecule has 0 saturated carbocycles. The van der Waals surface area contributed by atoms with E-state index in [2.05, 4.69) is 49.5 Å². The molecule has 0 unspecified atom stereocenters. The summed E-state index contributed by atoms with van der Waals surface area (Å²) in [5, 5.41) is 3.28. The normalized spacial score (nSPS) is 14.2. The third-order valence-electron chi connectivity index (χ3n) is 4.75. The van der Waals surface area contributed by atoms with Gasteiger partial charge in [-0.2, -0.15) is 0 Å². The first-order valence-electron chi connectivity index (χ1n) is 7.84. The number of nitrogens with one attached hydrogen (secondary N) is 1. The van der Waals surface area contributed by atoms with Gasteiger partial charge >= 0.3 is 0 Å². The van der Waals surface area contributed by atoms with Crippen molar-refractivity contribution in [3.05, 3.63) is 83.7 Å². The molecule has 3 aromatic rings. The molecule has 0 bridgehead atoms. The largest absolute Gasteiger partial charge is 0.353 e. The van der Waals surface area contributed by atoms with Crippen molar-refractivity contribution in [1.82, 2.24) is 0 Å². The van der Waals surface area contributed by atoms with Gasteiger partial charge < -0.3 is 5.32 Å². The summed E-state index contributed by atoms with van der Waals surface area (Å²) in [5.41, 5.74) is 6.41. The Balaban J connectivity index is 1.91. The van der Waals surface area contributed by atoms with Crippen LogP contribution in [-0.2, 0) is 5.41 Å². The molecule has 1 aliphatic carbocycles. The number of hydrogen-bond acceptors (Lipinski definition) is 1. The highest BCUT2D eigenvalue weighted by molar-refractivity contribution is 5.91. The van der Waals surface area contributed by atoms with E-state index in [1.807, 2.05) is 18.2 Å². The Kier molecular flexibility index (Phi) is 3.02. The Hall–Kier alpha value is -2.61. The molecule has 3 aromatic carbocycles. The zero-order chi connectivity index (χ0) is 16.0. The fraction of sp³-hybridized carbons (Fsp3) is 0.143. The molecule has 1 N–H and O–H groups in total. The van der Waals surface area contributed by atoms with Crippen LogP contribution in [0.3, 0.4) is 0 Å². The molecule has 0 spiro atoms. The van der Waals surface area contributed by atoms with E-state index in [0.717, 1.165) is 5.69 Å². The van der Waals surface area contributed by atoms with Gasteiger partial charge in [-0.1, -0.05) is 62.4 Å². The number of benzene rings is 3. The molecule has 2 heteroatoms. The molecule has 0 aromatic heterocycles. The molecule has 114 valence electrons. The van der Waals surface area contributed by atoms with Crippen LogP contribution < -0.4 is 5.32 Å². The lowest BCUT2D eigenvalue weighted by atomic mass is 9.82. The standard InChI is InChI=1S/C21H18FN/c1-21(2)15-9-4-3-8-14(15)20-16(21)10-7-13-19(20)23-18-12-6-5-11-17(18)22/h3-13,23H,1-2H3. The molecular formula is C21H18FN. The smallest absolute Gasteiger partial charge is 0.146 e. The molecule has 0 aliphatic heterocycles. The predicted octanol–water partition coefficient (Wildman–Crippen LogP) is 5.88. The maximum atomic E-state index is 14.0. The van der Waals surface area contributed by atoms with Gasteiger partial charge in [-0.15, -0.1) is 0 Å². The lowest BCUT2D eigenvalue weighted by Crippen LogP contribution is -2.14. The van der Waals surface area contributed by atoms with Crippen LogP contribution in [0.1, 0.15) is 25.0 Å². The zero-order valence-electron chi connectivity index (χ0n) is 13.2. The summed E-state index contributed by atoms with van der Waals surface area (Å²) in [6.07, 6.45) is 0. The first-order chi connectivity index (χ1) is 11.1. The summed E-state index contributed by atoms with van der Waals surface area (Å²) in [5.74, 6) is -0.240. The summed E-state index contributed by atoms with van der Waals surface area (Å²) in [4.78, 5) is 0. The van der Waals surface area contributed by atoms with Gasteiger partial charge in [0.05, 0.1) is 5.69 Å². The van der Waals surface area contributed by atoms with Crippen LogP contribution in [-0.4, -0.2) is 0 Å². The Morgan fingerprint density at radius 1 is 0.739 bits per heavy atom. The lowest BCUT2D eigenvalue weighted by Gasteiger charge is -2.21. The Morgan fingerprint density at radius 3 is 2.22 bits per heavy atom. The summed E-state index contributed by atoms with van der Waals surface area (Å²) in [6, 6.07) is 21.5. The van der Waals surface area contributed by atoms with Crippen molar-refractivity contribution in [2.75, 3.05) is 5.32 Å². The molecule has 0 heterocycles. The Labute approximate surface area is 135 Å². The summed E-state index contributed by atoms with van der Waals surface area (Å²) < 4.78 is 14.0. The highest BCUT2D eigenvalue weighted by Crippen LogP contribution is 2.51. The summed E-state index contributed by atoms with van der Waals surface area (Å²) in [6.45, 7) is 4.48. The van der Waals surface area contributed by atoms with Crippen LogP contribution in [0.5, 0.6) is 0 Å². The molecule has 0 amide bonds. The molecule has 0 atom stereocenters. The van der Waals surface area contributed by atoms with Crippen molar-refractivity contribution in [2.45, 2.75) is 19.3 Å². The van der Waals surface area contributed by atoms with E-state index >= 15 is 0 Å². The summed E-state index contributed by atoms with van der Waals surface area (Å²) in [7, 11) is 0. The number of anilines is 2. The Bertz CT molecular complexity index is 896. The number of para-hydroxylation sites is 1. The van der Waals surface area contributed by atoms with Gasteiger partial charge in [0.15, 0.2) is 0 Å². The molecular weight excluding hydrogens is 285 g/mol. The second-order valence-corrected chi connectivity index (χ2v) is 6.50. The molecule has 1 aliphatic rings. The Morgan fingerprint density at radius 2 is 1.39 bits per heavy atom. The number of fused-ring (bicyclic) bond motifs is 3. The maximum Gasteiger partial charge on any atom is 0.146 e. The SMILES string of the molecule is CC1(C)c2ccccc2-c2c(Nc3ccccc3F)cccc21. The highest BCUT2D eigenvalue weighted by Gasteiger charge is 2.36. The van der Waals surface area contributed by atoms with Crippen molar-refractivity contribution in [3.8, 4) is 11.1 Å². The predicted molar refractivity (Wildman–Crippen MR) is 93.7 cm³/mol. The van der Waals surface area contributed by atoms with Crippen LogP contribution in [0.2, 0.25) is 0 Å². The minimum atomic E-state index is -0.240. The molecule has 0 radical (unpaired) electrons. The van der Waals surface area contributed by atoms with Crippen molar-refractivity contribution < 1.29 is 4.39 Å². The highest BCUT2D eigenvalue weighted by atomic mass is 19.1. The van der Waals surface area contributed by atoms with Crippen molar-refractivity contribution in [1.29, 1.82) is 0 Å². The van der Waals surface area contributed by atoms with E-state index in [0.29, 0.717) is 5.69 Å². The van der Waals surface area contributed by atoms with Crippen molar-refractivity contribution in [2.24, 2.45) is 0 Å². The third kappa shape index (κ3) is 2.06. The summed E-state index contributed by atoms with van der Waals surface area (Å²) >= 11 is 0. The fourth-order valence-electron chi connectivity index (χ4n) is 3.57. The molecule has 1 nitrogen and oxygen atoms in total. The average molecular weight is 303 g/mol. The molecule has 0 fully saturated rings. The minimum absolute atomic E-state index is 0.0428. The van der Waals surface area contributed by atoms with Gasteiger partial charge in [0.25, 0.3) is 0 Å². The van der Waals surface area contributed by atoms with E-state index in [1.54, 1.807) is 12.1 Å². The number of halogens is 1. The second-order valence-electron chi connectivity index (χ2n) is 6.50. The van der Waals surface area contributed by atoms with Gasteiger partial charge in [-0.25, -0.2) is 4.39 Å². The van der Waals surface area contributed by atoms with Gasteiger partial charge in [0, 0.05) is 16.7 Å². The van der Waals surface area contributed by atoms with E-state index < -0.39 is 0 Å². The average Bonchev–Trinajstić information content (AvgIpc) is 2.79. The van der Waals surface area contributed by atoms with Gasteiger partial charge in [0.1, 0.15) is 5.82 Å². The quantitative estimate of drug-likeness (QED) is 0.623. The van der Waals surface area contributed by atoms with Crippen LogP contribution in [0, 0.1) is 5.82 Å². The van der Waals surface area contributed by atoms with Gasteiger partial charge in [-0.05, 0) is 34.9 Å².